The number of fused-ring (bicyclic) bond motifs is 1. The second-order valence-corrected chi connectivity index (χ2v) is 6.01. The van der Waals surface area contributed by atoms with Crippen LogP contribution in [0, 0.1) is 0 Å². The SMILES string of the molecule is COc1ccc(-c2nc(N3CCN(C(N)=O)CC3)nc3[nH]cnc23)cc1. The Kier molecular flexibility index (Phi) is 4.04. The molecule has 2 amide bonds. The van der Waals surface area contributed by atoms with Gasteiger partial charge in [0.2, 0.25) is 5.95 Å². The first-order valence-electron chi connectivity index (χ1n) is 8.30. The highest BCUT2D eigenvalue weighted by atomic mass is 16.5. The number of aromatic nitrogens is 4. The zero-order valence-electron chi connectivity index (χ0n) is 14.3. The fraction of sp³-hybridized carbons (Fsp3) is 0.294. The highest BCUT2D eigenvalue weighted by molar-refractivity contribution is 5.88. The number of imidazole rings is 1. The summed E-state index contributed by atoms with van der Waals surface area (Å²) in [6.07, 6.45) is 1.61. The van der Waals surface area contributed by atoms with E-state index in [9.17, 15) is 4.79 Å². The summed E-state index contributed by atoms with van der Waals surface area (Å²) < 4.78 is 5.22. The predicted octanol–water partition coefficient (Wildman–Crippen LogP) is 1.23. The summed E-state index contributed by atoms with van der Waals surface area (Å²) in [5.41, 5.74) is 8.43. The van der Waals surface area contributed by atoms with Gasteiger partial charge in [0.05, 0.1) is 13.4 Å². The van der Waals surface area contributed by atoms with Crippen molar-refractivity contribution < 1.29 is 9.53 Å². The van der Waals surface area contributed by atoms with Gasteiger partial charge in [-0.25, -0.2) is 14.8 Å². The van der Waals surface area contributed by atoms with Crippen molar-refractivity contribution in [3.05, 3.63) is 30.6 Å². The van der Waals surface area contributed by atoms with Crippen molar-refractivity contribution in [2.45, 2.75) is 0 Å². The number of urea groups is 1. The van der Waals surface area contributed by atoms with Gasteiger partial charge >= 0.3 is 6.03 Å². The van der Waals surface area contributed by atoms with Crippen LogP contribution in [0.2, 0.25) is 0 Å². The summed E-state index contributed by atoms with van der Waals surface area (Å²) in [5, 5.41) is 0. The topological polar surface area (TPSA) is 113 Å². The van der Waals surface area contributed by atoms with Crippen LogP contribution < -0.4 is 15.4 Å². The largest absolute Gasteiger partial charge is 0.497 e. The van der Waals surface area contributed by atoms with E-state index in [-0.39, 0.29) is 0 Å². The van der Waals surface area contributed by atoms with E-state index in [1.165, 1.54) is 0 Å². The molecule has 0 radical (unpaired) electrons. The number of ether oxygens (including phenoxy) is 1. The fourth-order valence-corrected chi connectivity index (χ4v) is 3.04. The highest BCUT2D eigenvalue weighted by Crippen LogP contribution is 2.28. The third-order valence-corrected chi connectivity index (χ3v) is 4.50. The number of hydrogen-bond donors (Lipinski definition) is 2. The maximum atomic E-state index is 11.3. The van der Waals surface area contributed by atoms with Crippen molar-refractivity contribution in [3.63, 3.8) is 0 Å². The van der Waals surface area contributed by atoms with E-state index in [4.69, 9.17) is 15.5 Å². The molecule has 134 valence electrons. The first kappa shape index (κ1) is 16.1. The number of benzene rings is 1. The molecule has 2 aromatic heterocycles. The molecule has 9 nitrogen and oxygen atoms in total. The van der Waals surface area contributed by atoms with Gasteiger partial charge in [-0.2, -0.15) is 4.98 Å². The molecule has 9 heteroatoms. The van der Waals surface area contributed by atoms with Crippen LogP contribution in [0.25, 0.3) is 22.4 Å². The Labute approximate surface area is 149 Å². The van der Waals surface area contributed by atoms with Gasteiger partial charge in [-0.05, 0) is 24.3 Å². The number of H-pyrrole nitrogens is 1. The van der Waals surface area contributed by atoms with Gasteiger partial charge in [0.1, 0.15) is 17.0 Å². The maximum Gasteiger partial charge on any atom is 0.314 e. The molecule has 1 aliphatic heterocycles. The molecule has 4 rings (SSSR count). The Hall–Kier alpha value is -3.36. The average Bonchev–Trinajstić information content (AvgIpc) is 3.16. The lowest BCUT2D eigenvalue weighted by Crippen LogP contribution is -2.51. The molecule has 0 saturated carbocycles. The van der Waals surface area contributed by atoms with E-state index in [2.05, 4.69) is 15.0 Å². The number of hydrogen-bond acceptors (Lipinski definition) is 6. The van der Waals surface area contributed by atoms with Gasteiger partial charge < -0.3 is 25.3 Å². The first-order chi connectivity index (χ1) is 12.7. The molecule has 3 aromatic rings. The lowest BCUT2D eigenvalue weighted by molar-refractivity contribution is 0.204. The number of carbonyl (C=O) groups excluding carboxylic acids is 1. The van der Waals surface area contributed by atoms with Crippen LogP contribution in [0.4, 0.5) is 10.7 Å². The predicted molar refractivity (Wildman–Crippen MR) is 97.0 cm³/mol. The van der Waals surface area contributed by atoms with Crippen LogP contribution in [0.15, 0.2) is 30.6 Å². The van der Waals surface area contributed by atoms with Crippen LogP contribution in [0.1, 0.15) is 0 Å². The van der Waals surface area contributed by atoms with Crippen LogP contribution >= 0.6 is 0 Å². The molecule has 1 saturated heterocycles. The van der Waals surface area contributed by atoms with Crippen molar-refractivity contribution in [2.75, 3.05) is 38.2 Å². The number of anilines is 1. The van der Waals surface area contributed by atoms with Gasteiger partial charge in [0.15, 0.2) is 5.65 Å². The summed E-state index contributed by atoms with van der Waals surface area (Å²) >= 11 is 0. The number of nitrogens with one attached hydrogen (secondary N) is 1. The maximum absolute atomic E-state index is 11.3. The molecule has 0 aliphatic carbocycles. The normalized spacial score (nSPS) is 14.7. The number of aromatic amines is 1. The molecular formula is C17H19N7O2. The number of methoxy groups -OCH3 is 1. The number of nitrogens with zero attached hydrogens (tertiary/aromatic N) is 5. The van der Waals surface area contributed by atoms with Crippen molar-refractivity contribution in [1.29, 1.82) is 0 Å². The summed E-state index contributed by atoms with van der Waals surface area (Å²) in [5.74, 6) is 1.39. The monoisotopic (exact) mass is 353 g/mol. The van der Waals surface area contributed by atoms with Crippen molar-refractivity contribution in [1.82, 2.24) is 24.8 Å². The summed E-state index contributed by atoms with van der Waals surface area (Å²) in [6.45, 7) is 2.37. The number of primary amides is 1. The lowest BCUT2D eigenvalue weighted by atomic mass is 10.1. The third-order valence-electron chi connectivity index (χ3n) is 4.50. The fourth-order valence-electron chi connectivity index (χ4n) is 3.04. The summed E-state index contributed by atoms with van der Waals surface area (Å²) in [7, 11) is 1.63. The average molecular weight is 353 g/mol. The van der Waals surface area contributed by atoms with Crippen LogP contribution in [0.5, 0.6) is 5.75 Å². The minimum Gasteiger partial charge on any atom is -0.497 e. The molecule has 26 heavy (non-hydrogen) atoms. The molecule has 3 N–H and O–H groups in total. The van der Waals surface area contributed by atoms with Gasteiger partial charge in [-0.15, -0.1) is 0 Å². The van der Waals surface area contributed by atoms with E-state index >= 15 is 0 Å². The molecule has 0 spiro atoms. The molecule has 3 heterocycles. The number of carbonyl (C=O) groups is 1. The van der Waals surface area contributed by atoms with Crippen LogP contribution in [-0.4, -0.2) is 64.2 Å². The summed E-state index contributed by atoms with van der Waals surface area (Å²) in [6, 6.07) is 7.28. The van der Waals surface area contributed by atoms with E-state index in [1.54, 1.807) is 18.3 Å². The molecular weight excluding hydrogens is 334 g/mol. The second-order valence-electron chi connectivity index (χ2n) is 6.01. The minimum atomic E-state index is -0.395. The number of nitrogens with two attached hydrogens (primary N) is 1. The summed E-state index contributed by atoms with van der Waals surface area (Å²) in [4.78, 5) is 31.7. The molecule has 1 aromatic carbocycles. The lowest BCUT2D eigenvalue weighted by Gasteiger charge is -2.33. The molecule has 1 aliphatic rings. The number of amides is 2. The zero-order valence-corrected chi connectivity index (χ0v) is 14.3. The zero-order chi connectivity index (χ0) is 18.1. The Balaban J connectivity index is 1.70. The van der Waals surface area contributed by atoms with Gasteiger partial charge in [0.25, 0.3) is 0 Å². The first-order valence-corrected chi connectivity index (χ1v) is 8.30. The quantitative estimate of drug-likeness (QED) is 0.732. The number of piperazine rings is 1. The van der Waals surface area contributed by atoms with E-state index in [0.717, 1.165) is 22.5 Å². The molecule has 0 bridgehead atoms. The Morgan fingerprint density at radius 2 is 1.88 bits per heavy atom. The number of rotatable bonds is 3. The van der Waals surface area contributed by atoms with Crippen molar-refractivity contribution in [3.8, 4) is 17.0 Å². The highest BCUT2D eigenvalue weighted by Gasteiger charge is 2.23. The van der Waals surface area contributed by atoms with E-state index < -0.39 is 6.03 Å². The van der Waals surface area contributed by atoms with Gasteiger partial charge in [0, 0.05) is 31.7 Å². The Morgan fingerprint density at radius 3 is 2.54 bits per heavy atom. The molecule has 1 fully saturated rings. The van der Waals surface area contributed by atoms with Crippen LogP contribution in [-0.2, 0) is 0 Å². The van der Waals surface area contributed by atoms with E-state index in [0.29, 0.717) is 37.8 Å². The molecule has 0 unspecified atom stereocenters. The smallest absolute Gasteiger partial charge is 0.314 e. The Bertz CT molecular complexity index is 930. The standard InChI is InChI=1S/C17H19N7O2/c1-26-12-4-2-11(3-5-12)13-14-15(20-10-19-14)22-17(21-13)24-8-6-23(7-9-24)16(18)25/h2-5,10H,6-9H2,1H3,(H2,18,25)(H,19,20,21,22). The third kappa shape index (κ3) is 2.87. The minimum absolute atomic E-state index is 0.395. The van der Waals surface area contributed by atoms with Crippen molar-refractivity contribution in [2.24, 2.45) is 5.73 Å². The van der Waals surface area contributed by atoms with Crippen LogP contribution in [0.3, 0.4) is 0 Å². The van der Waals surface area contributed by atoms with E-state index in [1.807, 2.05) is 29.2 Å². The van der Waals surface area contributed by atoms with Crippen molar-refractivity contribution >= 4 is 23.1 Å². The van der Waals surface area contributed by atoms with Gasteiger partial charge in [-0.3, -0.25) is 0 Å². The molecule has 0 atom stereocenters. The second kappa shape index (κ2) is 6.51. The van der Waals surface area contributed by atoms with Gasteiger partial charge in [-0.1, -0.05) is 0 Å². The Morgan fingerprint density at radius 1 is 1.15 bits per heavy atom.